The molecule has 36 nitrogen and oxygen atoms in total. The number of imide groups is 3. The van der Waals surface area contributed by atoms with Crippen LogP contribution in [0, 0.1) is 0 Å². The molecule has 36 heteroatoms. The van der Waals surface area contributed by atoms with Crippen molar-refractivity contribution in [3.8, 4) is 0 Å². The van der Waals surface area contributed by atoms with E-state index in [4.69, 9.17) is 29.8 Å². The molecule has 7 amide bonds. The van der Waals surface area contributed by atoms with Crippen LogP contribution in [-0.4, -0.2) is 375 Å². The number of amides is 7. The van der Waals surface area contributed by atoms with Gasteiger partial charge < -0.3 is 45.3 Å². The van der Waals surface area contributed by atoms with E-state index in [0.29, 0.717) is 149 Å². The zero-order chi connectivity index (χ0) is 90.9. The van der Waals surface area contributed by atoms with Crippen LogP contribution in [0.3, 0.4) is 0 Å². The number of hydrogen-bond donors (Lipinski definition) is 5. The number of ether oxygens (including phenoxy) is 4. The van der Waals surface area contributed by atoms with Crippen LogP contribution in [0.5, 0.6) is 0 Å². The van der Waals surface area contributed by atoms with E-state index in [1.807, 2.05) is 129 Å². The molecule has 6 N–H and O–H groups in total. The van der Waals surface area contributed by atoms with Crippen LogP contribution in [0.2, 0.25) is 0 Å². The number of carboxylic acid groups (broad SMARTS) is 3. The highest BCUT2D eigenvalue weighted by Crippen LogP contribution is 2.20. The Morgan fingerprint density at radius 1 is 0.333 bits per heavy atom. The molecular formula is C87H126N14O22. The van der Waals surface area contributed by atoms with Crippen LogP contribution in [0.4, 0.5) is 0 Å². The molecule has 676 valence electrons. The molecule has 6 aliphatic heterocycles. The van der Waals surface area contributed by atoms with Gasteiger partial charge in [0.25, 0.3) is 29.5 Å². The van der Waals surface area contributed by atoms with E-state index >= 15 is 0 Å². The minimum Gasteiger partial charge on any atom is -0.480 e. The van der Waals surface area contributed by atoms with Gasteiger partial charge in [0.15, 0.2) is 5.78 Å². The summed E-state index contributed by atoms with van der Waals surface area (Å²) in [6, 6.07) is 21.1. The van der Waals surface area contributed by atoms with Gasteiger partial charge in [-0.3, -0.25) is 126 Å². The summed E-state index contributed by atoms with van der Waals surface area (Å²) in [5.41, 5.74) is 7.03. The second-order valence-electron chi connectivity index (χ2n) is 34.7. The number of carboxylic acids is 3. The van der Waals surface area contributed by atoms with E-state index < -0.39 is 52.1 Å². The third-order valence-electron chi connectivity index (χ3n) is 19.5. The summed E-state index contributed by atoms with van der Waals surface area (Å²) in [5.74, 6) is -6.43. The Morgan fingerprint density at radius 2 is 0.585 bits per heavy atom. The van der Waals surface area contributed by atoms with E-state index in [9.17, 15) is 82.1 Å². The number of likely N-dealkylation sites (tertiary alicyclic amines) is 1. The summed E-state index contributed by atoms with van der Waals surface area (Å²) < 4.78 is 22.1. The second-order valence-corrected chi connectivity index (χ2v) is 34.7. The smallest absolute Gasteiger partial charge is 0.335 e. The normalized spacial score (nSPS) is 17.8. The largest absolute Gasteiger partial charge is 0.480 e. The van der Waals surface area contributed by atoms with Crippen molar-refractivity contribution in [2.45, 2.75) is 138 Å². The SMILES string of the molecule is CC(C)(C)OC(=O)CN1CCN(CC(=O)OC(C)(C)C)CCN(Cc2ccc(C(=O)CN3C(=O)CCC3=O)cc2)CC1.CC(C)(C)OC(=O)CN1CCN(CC(=O)OC(C)(C)C)CCN(Cc2ccc(C(=O)O)cc2)CC1.NCCN1C(=O)C=CC1=O.O=C(O)CN1CCN(CC(=O)O)CCN(Cc2ccc(C(=O)NCCN3C(=O)C=CC3=O)cc2)CC1. The molecule has 0 aliphatic carbocycles. The maximum absolute atomic E-state index is 12.7. The van der Waals surface area contributed by atoms with Gasteiger partial charge in [-0.2, -0.15) is 0 Å². The lowest BCUT2D eigenvalue weighted by Gasteiger charge is -2.27. The van der Waals surface area contributed by atoms with Crippen LogP contribution in [0.1, 0.15) is 144 Å². The molecule has 0 saturated carbocycles. The van der Waals surface area contributed by atoms with Crippen molar-refractivity contribution in [2.75, 3.05) is 190 Å². The molecule has 0 radical (unpaired) electrons. The number of nitrogens with two attached hydrogens (primary N) is 1. The lowest BCUT2D eigenvalue weighted by atomic mass is 10.1. The number of esters is 4. The highest BCUT2D eigenvalue weighted by molar-refractivity contribution is 6.13. The van der Waals surface area contributed by atoms with Crippen molar-refractivity contribution >= 4 is 88.9 Å². The van der Waals surface area contributed by atoms with Crippen molar-refractivity contribution in [1.82, 2.24) is 64.1 Å². The number of carbonyl (C=O) groups is 15. The minimum absolute atomic E-state index is 0.0985. The number of benzene rings is 3. The van der Waals surface area contributed by atoms with E-state index in [1.54, 1.807) is 36.4 Å². The fraction of sp³-hybridized carbons (Fsp3) is 0.575. The van der Waals surface area contributed by atoms with Gasteiger partial charge in [0, 0.05) is 212 Å². The molecule has 3 aromatic carbocycles. The van der Waals surface area contributed by atoms with Gasteiger partial charge in [0.1, 0.15) is 22.4 Å². The third-order valence-corrected chi connectivity index (χ3v) is 19.5. The zero-order valence-corrected chi connectivity index (χ0v) is 73.3. The summed E-state index contributed by atoms with van der Waals surface area (Å²) >= 11 is 0. The molecule has 4 fully saturated rings. The number of carbonyl (C=O) groups excluding carboxylic acids is 12. The van der Waals surface area contributed by atoms with Crippen molar-refractivity contribution < 1.29 is 106 Å². The van der Waals surface area contributed by atoms with Crippen LogP contribution in [-0.2, 0) is 96.1 Å². The fourth-order valence-corrected chi connectivity index (χ4v) is 13.5. The number of nitrogens with one attached hydrogen (secondary N) is 1. The molecular weight excluding hydrogens is 1590 g/mol. The van der Waals surface area contributed by atoms with Gasteiger partial charge in [-0.1, -0.05) is 48.5 Å². The van der Waals surface area contributed by atoms with E-state index in [0.717, 1.165) is 44.5 Å². The van der Waals surface area contributed by atoms with Gasteiger partial charge in [0.05, 0.1) is 51.4 Å². The lowest BCUT2D eigenvalue weighted by molar-refractivity contribution is -0.158. The van der Waals surface area contributed by atoms with Crippen LogP contribution < -0.4 is 11.1 Å². The maximum Gasteiger partial charge on any atom is 0.335 e. The Hall–Kier alpha value is -10.4. The molecule has 3 aromatic rings. The first-order chi connectivity index (χ1) is 57.7. The molecule has 0 spiro atoms. The molecule has 9 rings (SSSR count). The quantitative estimate of drug-likeness (QED) is 0.0301. The van der Waals surface area contributed by atoms with Crippen LogP contribution in [0.25, 0.3) is 0 Å². The first kappa shape index (κ1) is 101. The number of aliphatic carboxylic acids is 2. The number of aromatic carboxylic acids is 1. The van der Waals surface area contributed by atoms with Crippen LogP contribution >= 0.6 is 0 Å². The number of nitrogens with zero attached hydrogens (tertiary/aromatic N) is 12. The first-order valence-corrected chi connectivity index (χ1v) is 41.5. The van der Waals surface area contributed by atoms with E-state index in [1.165, 1.54) is 24.3 Å². The monoisotopic (exact) mass is 1720 g/mol. The number of Topliss-reactive ketones (excluding diaryl/α,β-unsaturated/α-hetero) is 1. The van der Waals surface area contributed by atoms with Gasteiger partial charge in [-0.05, 0) is 124 Å². The first-order valence-electron chi connectivity index (χ1n) is 41.5. The summed E-state index contributed by atoms with van der Waals surface area (Å²) in [6.07, 6.45) is 5.21. The Labute approximate surface area is 720 Å². The summed E-state index contributed by atoms with van der Waals surface area (Å²) in [5, 5.41) is 30.2. The lowest BCUT2D eigenvalue weighted by Crippen LogP contribution is -2.42. The average Bonchev–Trinajstić information content (AvgIpc) is 1.76. The summed E-state index contributed by atoms with van der Waals surface area (Å²) in [4.78, 5) is 199. The van der Waals surface area contributed by atoms with Gasteiger partial charge in [-0.15, -0.1) is 0 Å². The highest BCUT2D eigenvalue weighted by atomic mass is 16.6. The molecule has 0 atom stereocenters. The van der Waals surface area contributed by atoms with Crippen molar-refractivity contribution in [3.05, 3.63) is 130 Å². The van der Waals surface area contributed by atoms with Crippen molar-refractivity contribution in [3.63, 3.8) is 0 Å². The fourth-order valence-electron chi connectivity index (χ4n) is 13.5. The van der Waals surface area contributed by atoms with Crippen molar-refractivity contribution in [1.29, 1.82) is 0 Å². The van der Waals surface area contributed by atoms with Crippen LogP contribution in [0.15, 0.2) is 97.1 Å². The third kappa shape index (κ3) is 39.3. The highest BCUT2D eigenvalue weighted by Gasteiger charge is 2.33. The topological polar surface area (TPSA) is 431 Å². The summed E-state index contributed by atoms with van der Waals surface area (Å²) in [6.45, 7) is 36.4. The Kier molecular flexibility index (Phi) is 40.1. The standard InChI is InChI=1S/C31H46N4O7.C26H41N3O6.C24H31N5O7.C6H8N2O2/c1-30(2,3)41-28(39)21-33-15-13-32(14-16-34(18-17-33)22-29(40)42-31(4,5)6)19-23-7-9-24(10-8-23)25(36)20-35-26(37)11-12-27(35)38;1-25(2,3)34-22(30)18-28-13-11-27(17-20-7-9-21(10-8-20)24(32)33)12-14-29(16-15-28)19-23(31)35-26(4,5)6;30-20-5-6-21(31)29(20)8-7-25-24(36)19-3-1-18(2-4-19)15-26-9-11-27(16-22(32)33)13-14-28(12-10-26)17-23(34)35;7-3-4-8-5(9)1-2-6(8)10/h7-10H,11-22H2,1-6H3;7-10H,11-19H2,1-6H3,(H,32,33);1-6H,7-17H2,(H,25,36)(H,32,33)(H,34,35);1-2H,3-4,7H2. The number of ketones is 1. The molecule has 123 heavy (non-hydrogen) atoms. The van der Waals surface area contributed by atoms with E-state index in [2.05, 4.69) is 39.6 Å². The maximum atomic E-state index is 12.7. The predicted octanol–water partition coefficient (Wildman–Crippen LogP) is 2.41. The van der Waals surface area contributed by atoms with Gasteiger partial charge in [-0.25, -0.2) is 4.79 Å². The number of rotatable bonds is 28. The Morgan fingerprint density at radius 3 is 0.846 bits per heavy atom. The Bertz CT molecular complexity index is 4020. The average molecular weight is 1720 g/mol. The predicted molar refractivity (Wildman–Crippen MR) is 453 cm³/mol. The van der Waals surface area contributed by atoms with Gasteiger partial charge in [0.2, 0.25) is 11.8 Å². The van der Waals surface area contributed by atoms with E-state index in [-0.39, 0.29) is 137 Å². The molecule has 6 heterocycles. The summed E-state index contributed by atoms with van der Waals surface area (Å²) in [7, 11) is 0. The molecule has 4 saturated heterocycles. The second kappa shape index (κ2) is 48.6. The Balaban J connectivity index is 0.000000270. The molecule has 0 unspecified atom stereocenters. The van der Waals surface area contributed by atoms with Gasteiger partial charge >= 0.3 is 41.8 Å². The molecule has 0 aromatic heterocycles. The van der Waals surface area contributed by atoms with Crippen molar-refractivity contribution in [2.24, 2.45) is 5.73 Å². The minimum atomic E-state index is -0.949. The number of hydrogen-bond acceptors (Lipinski definition) is 29. The molecule has 0 bridgehead atoms. The molecule has 6 aliphatic rings. The zero-order valence-electron chi connectivity index (χ0n) is 73.3.